The molecule has 0 unspecified atom stereocenters. The number of unbranched alkanes of at least 4 members (excludes halogenated alkanes) is 1. The Hall–Kier alpha value is -2.00. The third-order valence-electron chi connectivity index (χ3n) is 3.58. The van der Waals surface area contributed by atoms with Crippen molar-refractivity contribution in [1.82, 2.24) is 9.55 Å². The van der Waals surface area contributed by atoms with E-state index in [1.807, 2.05) is 30.6 Å². The Bertz CT molecular complexity index is 724. The number of hydrogen-bond donors (Lipinski definition) is 0. The lowest BCUT2D eigenvalue weighted by Crippen LogP contribution is -3.00. The quantitative estimate of drug-likeness (QED) is 0.639. The van der Waals surface area contributed by atoms with Gasteiger partial charge in [0.15, 0.2) is 0 Å². The van der Waals surface area contributed by atoms with E-state index in [0.717, 1.165) is 37.3 Å². The molecule has 0 radical (unpaired) electrons. The van der Waals surface area contributed by atoms with Gasteiger partial charge in [-0.15, -0.1) is 0 Å². The normalized spacial score (nSPS) is 10.4. The number of aryl methyl sites for hydroxylation is 2. The van der Waals surface area contributed by atoms with Crippen LogP contribution in [0.5, 0.6) is 5.75 Å². The van der Waals surface area contributed by atoms with Gasteiger partial charge in [-0.1, -0.05) is 24.3 Å². The van der Waals surface area contributed by atoms with Crippen molar-refractivity contribution in [1.29, 1.82) is 0 Å². The van der Waals surface area contributed by atoms with Crippen molar-refractivity contribution >= 4 is 11.0 Å². The molecule has 0 spiro atoms. The molecule has 22 heavy (non-hydrogen) atoms. The number of imidazole rings is 1. The van der Waals surface area contributed by atoms with Crippen molar-refractivity contribution in [2.24, 2.45) is 0 Å². The summed E-state index contributed by atoms with van der Waals surface area (Å²) in [6.07, 6.45) is 4.05. The maximum Gasteiger partial charge on any atom is 0.119 e. The summed E-state index contributed by atoms with van der Waals surface area (Å²) < 4.78 is 7.98. The van der Waals surface area contributed by atoms with Crippen LogP contribution in [0.3, 0.4) is 0 Å². The molecule has 0 bridgehead atoms. The van der Waals surface area contributed by atoms with Gasteiger partial charge in [0.05, 0.1) is 24.0 Å². The van der Waals surface area contributed by atoms with Crippen LogP contribution in [-0.2, 0) is 6.54 Å². The van der Waals surface area contributed by atoms with E-state index in [1.165, 1.54) is 11.1 Å². The number of nitrogens with zero attached hydrogens (tertiary/aromatic N) is 2. The first kappa shape index (κ1) is 16.4. The zero-order valence-electron chi connectivity index (χ0n) is 12.7. The van der Waals surface area contributed by atoms with Gasteiger partial charge in [0.1, 0.15) is 5.75 Å². The van der Waals surface area contributed by atoms with Crippen molar-refractivity contribution in [2.75, 3.05) is 6.61 Å². The second-order valence-corrected chi connectivity index (χ2v) is 5.30. The summed E-state index contributed by atoms with van der Waals surface area (Å²) in [5.41, 5.74) is 3.50. The summed E-state index contributed by atoms with van der Waals surface area (Å²) in [7, 11) is 0. The highest BCUT2D eigenvalue weighted by molar-refractivity contribution is 5.74. The van der Waals surface area contributed by atoms with E-state index in [4.69, 9.17) is 4.74 Å². The summed E-state index contributed by atoms with van der Waals surface area (Å²) in [4.78, 5) is 4.41. The van der Waals surface area contributed by atoms with Crippen LogP contribution in [0.4, 0.5) is 0 Å². The molecule has 1 aromatic heterocycles. The van der Waals surface area contributed by atoms with Gasteiger partial charge < -0.3 is 21.7 Å². The minimum atomic E-state index is 0. The molecule has 116 valence electrons. The van der Waals surface area contributed by atoms with Gasteiger partial charge in [0, 0.05) is 6.54 Å². The molecular weight excluding hydrogens is 296 g/mol. The van der Waals surface area contributed by atoms with Crippen molar-refractivity contribution in [3.63, 3.8) is 0 Å². The fourth-order valence-corrected chi connectivity index (χ4v) is 2.47. The molecule has 0 atom stereocenters. The summed E-state index contributed by atoms with van der Waals surface area (Å²) >= 11 is 0. The summed E-state index contributed by atoms with van der Waals surface area (Å²) in [6, 6.07) is 16.4. The number of aromatic nitrogens is 2. The van der Waals surface area contributed by atoms with E-state index in [0.29, 0.717) is 0 Å². The Labute approximate surface area is 137 Å². The molecule has 3 aromatic rings. The van der Waals surface area contributed by atoms with Gasteiger partial charge in [-0.05, 0) is 49.6 Å². The number of fused-ring (bicyclic) bond motifs is 1. The van der Waals surface area contributed by atoms with Crippen LogP contribution in [0.25, 0.3) is 11.0 Å². The molecule has 0 aliphatic heterocycles. The van der Waals surface area contributed by atoms with Gasteiger partial charge >= 0.3 is 0 Å². The van der Waals surface area contributed by atoms with E-state index < -0.39 is 0 Å². The van der Waals surface area contributed by atoms with E-state index in [1.54, 1.807) is 0 Å². The Kier molecular flexibility index (Phi) is 5.84. The van der Waals surface area contributed by atoms with Crippen LogP contribution in [0, 0.1) is 6.92 Å². The molecule has 3 rings (SSSR count). The topological polar surface area (TPSA) is 27.1 Å². The van der Waals surface area contributed by atoms with E-state index in [-0.39, 0.29) is 12.4 Å². The highest BCUT2D eigenvalue weighted by Crippen LogP contribution is 2.14. The van der Waals surface area contributed by atoms with Gasteiger partial charge in [0.2, 0.25) is 0 Å². The Morgan fingerprint density at radius 1 is 1.05 bits per heavy atom. The molecular formula is C18H20ClN2O-. The molecule has 0 saturated carbocycles. The number of para-hydroxylation sites is 2. The molecule has 1 heterocycles. The number of hydrogen-bond acceptors (Lipinski definition) is 2. The molecule has 4 heteroatoms. The zero-order chi connectivity index (χ0) is 14.5. The van der Waals surface area contributed by atoms with E-state index in [2.05, 4.69) is 40.7 Å². The first-order valence-electron chi connectivity index (χ1n) is 7.42. The molecule has 3 nitrogen and oxygen atoms in total. The SMILES string of the molecule is Cc1cccc(OCCCCn2cnc3ccccc32)c1.[Cl-]. The lowest BCUT2D eigenvalue weighted by atomic mass is 10.2. The van der Waals surface area contributed by atoms with Crippen molar-refractivity contribution in [2.45, 2.75) is 26.3 Å². The highest BCUT2D eigenvalue weighted by Gasteiger charge is 2.01. The Balaban J connectivity index is 0.00000176. The molecule has 0 N–H and O–H groups in total. The van der Waals surface area contributed by atoms with Crippen LogP contribution in [0.1, 0.15) is 18.4 Å². The van der Waals surface area contributed by atoms with Gasteiger partial charge in [0.25, 0.3) is 0 Å². The zero-order valence-corrected chi connectivity index (χ0v) is 13.5. The smallest absolute Gasteiger partial charge is 0.119 e. The maximum atomic E-state index is 5.77. The summed E-state index contributed by atoms with van der Waals surface area (Å²) in [6.45, 7) is 3.82. The van der Waals surface area contributed by atoms with Crippen LogP contribution in [0.2, 0.25) is 0 Å². The van der Waals surface area contributed by atoms with Crippen LogP contribution in [0.15, 0.2) is 54.9 Å². The Morgan fingerprint density at radius 2 is 1.91 bits per heavy atom. The number of benzene rings is 2. The minimum Gasteiger partial charge on any atom is -1.00 e. The fourth-order valence-electron chi connectivity index (χ4n) is 2.47. The second kappa shape index (κ2) is 7.85. The predicted octanol–water partition coefficient (Wildman–Crippen LogP) is 1.21. The maximum absolute atomic E-state index is 5.77. The number of halogens is 1. The monoisotopic (exact) mass is 315 g/mol. The number of rotatable bonds is 6. The standard InChI is InChI=1S/C18H20N2O.ClH/c1-15-7-6-8-16(13-15)21-12-5-4-11-20-14-19-17-9-2-3-10-18(17)20;/h2-3,6-10,13-14H,4-5,11-12H2,1H3;1H/p-1. The van der Waals surface area contributed by atoms with Crippen molar-refractivity contribution in [3.05, 3.63) is 60.4 Å². The minimum absolute atomic E-state index is 0. The van der Waals surface area contributed by atoms with Crippen LogP contribution < -0.4 is 17.1 Å². The lowest BCUT2D eigenvalue weighted by molar-refractivity contribution is -0.00000488. The largest absolute Gasteiger partial charge is 1.00 e. The van der Waals surface area contributed by atoms with Gasteiger partial charge in [-0.2, -0.15) is 0 Å². The number of ether oxygens (including phenoxy) is 1. The van der Waals surface area contributed by atoms with E-state index in [9.17, 15) is 0 Å². The van der Waals surface area contributed by atoms with Gasteiger partial charge in [-0.3, -0.25) is 0 Å². The van der Waals surface area contributed by atoms with Gasteiger partial charge in [-0.25, -0.2) is 4.98 Å². The highest BCUT2D eigenvalue weighted by atomic mass is 35.5. The Morgan fingerprint density at radius 3 is 2.77 bits per heavy atom. The third kappa shape index (κ3) is 4.01. The predicted molar refractivity (Wildman–Crippen MR) is 85.6 cm³/mol. The van der Waals surface area contributed by atoms with Crippen LogP contribution in [-0.4, -0.2) is 16.2 Å². The average molecular weight is 316 g/mol. The molecule has 0 aliphatic rings. The van der Waals surface area contributed by atoms with Crippen molar-refractivity contribution in [3.8, 4) is 5.75 Å². The average Bonchev–Trinajstić information content (AvgIpc) is 2.90. The first-order chi connectivity index (χ1) is 10.3. The van der Waals surface area contributed by atoms with Crippen molar-refractivity contribution < 1.29 is 17.1 Å². The van der Waals surface area contributed by atoms with Crippen LogP contribution >= 0.6 is 0 Å². The third-order valence-corrected chi connectivity index (χ3v) is 3.58. The first-order valence-corrected chi connectivity index (χ1v) is 7.42. The second-order valence-electron chi connectivity index (χ2n) is 5.30. The molecule has 2 aromatic carbocycles. The summed E-state index contributed by atoms with van der Waals surface area (Å²) in [5, 5.41) is 0. The molecule has 0 aliphatic carbocycles. The summed E-state index contributed by atoms with van der Waals surface area (Å²) in [5.74, 6) is 0.961. The molecule has 0 saturated heterocycles. The lowest BCUT2D eigenvalue weighted by Gasteiger charge is -2.07. The fraction of sp³-hybridized carbons (Fsp3) is 0.278. The molecule has 0 amide bonds. The van der Waals surface area contributed by atoms with E-state index >= 15 is 0 Å². The molecule has 0 fully saturated rings.